The zero-order valence-electron chi connectivity index (χ0n) is 15.9. The van der Waals surface area contributed by atoms with E-state index in [9.17, 15) is 4.79 Å². The van der Waals surface area contributed by atoms with Crippen LogP contribution >= 0.6 is 0 Å². The largest absolute Gasteiger partial charge is 0.370 e. The number of benzene rings is 2. The number of hydrogen-bond acceptors (Lipinski definition) is 3. The highest BCUT2D eigenvalue weighted by molar-refractivity contribution is 6.02. The van der Waals surface area contributed by atoms with Crippen LogP contribution in [0.3, 0.4) is 0 Å². The Morgan fingerprint density at radius 1 is 0.929 bits per heavy atom. The maximum absolute atomic E-state index is 12.3. The van der Waals surface area contributed by atoms with Crippen LogP contribution in [0, 0.1) is 5.92 Å². The fourth-order valence-corrected chi connectivity index (χ4v) is 3.77. The van der Waals surface area contributed by atoms with Crippen LogP contribution in [-0.2, 0) is 6.42 Å². The Balaban J connectivity index is 1.31. The van der Waals surface area contributed by atoms with Gasteiger partial charge in [0.2, 0.25) is 0 Å². The second kappa shape index (κ2) is 8.70. The van der Waals surface area contributed by atoms with Crippen molar-refractivity contribution in [1.29, 1.82) is 0 Å². The molecule has 0 spiro atoms. The quantitative estimate of drug-likeness (QED) is 0.701. The number of para-hydroxylation sites is 1. The first kappa shape index (κ1) is 18.2. The van der Waals surface area contributed by atoms with Crippen LogP contribution in [-0.4, -0.2) is 24.0 Å². The van der Waals surface area contributed by atoms with Crippen molar-refractivity contribution in [2.45, 2.75) is 19.3 Å². The Kier molecular flexibility index (Phi) is 5.66. The fraction of sp³-hybridized carbons (Fsp3) is 0.250. The van der Waals surface area contributed by atoms with Gasteiger partial charge in [-0.15, -0.1) is 0 Å². The van der Waals surface area contributed by atoms with Gasteiger partial charge in [-0.1, -0.05) is 48.5 Å². The summed E-state index contributed by atoms with van der Waals surface area (Å²) in [4.78, 5) is 19.1. The van der Waals surface area contributed by atoms with Gasteiger partial charge in [0.05, 0.1) is 11.9 Å². The van der Waals surface area contributed by atoms with Gasteiger partial charge >= 0.3 is 0 Å². The van der Waals surface area contributed by atoms with Crippen LogP contribution in [0.5, 0.6) is 0 Å². The predicted molar refractivity (Wildman–Crippen MR) is 114 cm³/mol. The second-order valence-electron chi connectivity index (χ2n) is 7.34. The molecule has 0 unspecified atom stereocenters. The number of anilines is 2. The first-order valence-corrected chi connectivity index (χ1v) is 9.89. The summed E-state index contributed by atoms with van der Waals surface area (Å²) in [6, 6.07) is 24.0. The summed E-state index contributed by atoms with van der Waals surface area (Å²) in [6.07, 6.45) is 5.35. The van der Waals surface area contributed by atoms with Crippen LogP contribution in [0.1, 0.15) is 28.9 Å². The highest BCUT2D eigenvalue weighted by Crippen LogP contribution is 2.25. The van der Waals surface area contributed by atoms with E-state index in [-0.39, 0.29) is 5.91 Å². The molecule has 4 nitrogen and oxygen atoms in total. The molecule has 1 aromatic heterocycles. The SMILES string of the molecule is O=C(Nc1ccccc1)c1ccc(N2CCC(Cc3ccccc3)CC2)cn1. The van der Waals surface area contributed by atoms with Crippen LogP contribution in [0.25, 0.3) is 0 Å². The van der Waals surface area contributed by atoms with Gasteiger partial charge in [-0.3, -0.25) is 4.79 Å². The van der Waals surface area contributed by atoms with E-state index in [0.29, 0.717) is 5.69 Å². The van der Waals surface area contributed by atoms with E-state index in [1.807, 2.05) is 48.7 Å². The normalized spacial score (nSPS) is 14.6. The van der Waals surface area contributed by atoms with Crippen molar-refractivity contribution in [2.24, 2.45) is 5.92 Å². The molecule has 0 radical (unpaired) electrons. The van der Waals surface area contributed by atoms with Crippen LogP contribution in [0.2, 0.25) is 0 Å². The van der Waals surface area contributed by atoms with E-state index in [1.165, 1.54) is 18.4 Å². The number of carbonyl (C=O) groups excluding carboxylic acids is 1. The third-order valence-electron chi connectivity index (χ3n) is 5.36. The molecule has 2 aromatic carbocycles. The lowest BCUT2D eigenvalue weighted by Gasteiger charge is -2.33. The molecular formula is C24H25N3O. The van der Waals surface area contributed by atoms with E-state index < -0.39 is 0 Å². The summed E-state index contributed by atoms with van der Waals surface area (Å²) in [5.41, 5.74) is 3.73. The van der Waals surface area contributed by atoms with E-state index in [1.54, 1.807) is 0 Å². The van der Waals surface area contributed by atoms with E-state index in [2.05, 4.69) is 45.5 Å². The van der Waals surface area contributed by atoms with Crippen molar-refractivity contribution in [3.8, 4) is 0 Å². The van der Waals surface area contributed by atoms with Gasteiger partial charge < -0.3 is 10.2 Å². The summed E-state index contributed by atoms with van der Waals surface area (Å²) >= 11 is 0. The Labute approximate surface area is 166 Å². The number of aromatic nitrogens is 1. The van der Waals surface area contributed by atoms with Gasteiger partial charge in [-0.05, 0) is 55.0 Å². The highest BCUT2D eigenvalue weighted by Gasteiger charge is 2.20. The number of nitrogens with zero attached hydrogens (tertiary/aromatic N) is 2. The van der Waals surface area contributed by atoms with Crippen molar-refractivity contribution in [3.63, 3.8) is 0 Å². The summed E-state index contributed by atoms with van der Waals surface area (Å²) in [5.74, 6) is 0.557. The molecule has 3 aromatic rings. The fourth-order valence-electron chi connectivity index (χ4n) is 3.77. The zero-order chi connectivity index (χ0) is 19.2. The lowest BCUT2D eigenvalue weighted by molar-refractivity contribution is 0.102. The molecule has 1 fully saturated rings. The van der Waals surface area contributed by atoms with Gasteiger partial charge in [0, 0.05) is 18.8 Å². The molecule has 1 aliphatic heterocycles. The average molecular weight is 371 g/mol. The standard InChI is InChI=1S/C24H25N3O/c28-24(26-21-9-5-2-6-10-21)23-12-11-22(18-25-23)27-15-13-20(14-16-27)17-19-7-3-1-4-8-19/h1-12,18,20H,13-17H2,(H,26,28). The Bertz CT molecular complexity index is 886. The minimum absolute atomic E-state index is 0.181. The van der Waals surface area contributed by atoms with Crippen LogP contribution in [0.4, 0.5) is 11.4 Å². The molecule has 1 saturated heterocycles. The topological polar surface area (TPSA) is 45.2 Å². The summed E-state index contributed by atoms with van der Waals surface area (Å²) in [7, 11) is 0. The van der Waals surface area contributed by atoms with Crippen molar-refractivity contribution in [1.82, 2.24) is 4.98 Å². The first-order chi connectivity index (χ1) is 13.8. The number of rotatable bonds is 5. The maximum Gasteiger partial charge on any atom is 0.274 e. The third kappa shape index (κ3) is 4.58. The molecule has 1 amide bonds. The molecule has 4 heteroatoms. The van der Waals surface area contributed by atoms with Gasteiger partial charge in [0.1, 0.15) is 5.69 Å². The average Bonchev–Trinajstić information content (AvgIpc) is 2.76. The molecule has 1 N–H and O–H groups in total. The monoisotopic (exact) mass is 371 g/mol. The summed E-state index contributed by atoms with van der Waals surface area (Å²) < 4.78 is 0. The van der Waals surface area contributed by atoms with E-state index in [0.717, 1.165) is 36.8 Å². The molecule has 1 aliphatic rings. The molecular weight excluding hydrogens is 346 g/mol. The van der Waals surface area contributed by atoms with Gasteiger partial charge in [0.25, 0.3) is 5.91 Å². The van der Waals surface area contributed by atoms with Gasteiger partial charge in [-0.2, -0.15) is 0 Å². The minimum Gasteiger partial charge on any atom is -0.370 e. The first-order valence-electron chi connectivity index (χ1n) is 9.89. The van der Waals surface area contributed by atoms with E-state index >= 15 is 0 Å². The summed E-state index contributed by atoms with van der Waals surface area (Å²) in [6.45, 7) is 2.07. The Morgan fingerprint density at radius 2 is 1.61 bits per heavy atom. The maximum atomic E-state index is 12.3. The third-order valence-corrected chi connectivity index (χ3v) is 5.36. The number of pyridine rings is 1. The van der Waals surface area contributed by atoms with Crippen LogP contribution in [0.15, 0.2) is 79.0 Å². The van der Waals surface area contributed by atoms with Crippen molar-refractivity contribution >= 4 is 17.3 Å². The number of amides is 1. The van der Waals surface area contributed by atoms with Crippen molar-refractivity contribution in [2.75, 3.05) is 23.3 Å². The molecule has 28 heavy (non-hydrogen) atoms. The van der Waals surface area contributed by atoms with Crippen LogP contribution < -0.4 is 10.2 Å². The molecule has 0 bridgehead atoms. The van der Waals surface area contributed by atoms with E-state index in [4.69, 9.17) is 0 Å². The molecule has 142 valence electrons. The molecule has 0 atom stereocenters. The predicted octanol–water partition coefficient (Wildman–Crippen LogP) is 4.79. The zero-order valence-corrected chi connectivity index (χ0v) is 15.9. The Hall–Kier alpha value is -3.14. The van der Waals surface area contributed by atoms with Gasteiger partial charge in [-0.25, -0.2) is 4.98 Å². The number of nitrogens with one attached hydrogen (secondary N) is 1. The second-order valence-corrected chi connectivity index (χ2v) is 7.34. The molecule has 0 saturated carbocycles. The highest BCUT2D eigenvalue weighted by atomic mass is 16.1. The minimum atomic E-state index is -0.181. The van der Waals surface area contributed by atoms with Crippen molar-refractivity contribution in [3.05, 3.63) is 90.3 Å². The number of piperidine rings is 1. The van der Waals surface area contributed by atoms with Crippen molar-refractivity contribution < 1.29 is 4.79 Å². The smallest absolute Gasteiger partial charge is 0.274 e. The summed E-state index contributed by atoms with van der Waals surface area (Å²) in [5, 5.41) is 2.87. The lowest BCUT2D eigenvalue weighted by atomic mass is 9.90. The molecule has 2 heterocycles. The number of carbonyl (C=O) groups is 1. The molecule has 0 aliphatic carbocycles. The Morgan fingerprint density at radius 3 is 2.25 bits per heavy atom. The molecule has 4 rings (SSSR count). The lowest BCUT2D eigenvalue weighted by Crippen LogP contribution is -2.34. The number of hydrogen-bond donors (Lipinski definition) is 1. The van der Waals surface area contributed by atoms with Gasteiger partial charge in [0.15, 0.2) is 0 Å².